The first-order valence-corrected chi connectivity index (χ1v) is 6.87. The first-order chi connectivity index (χ1) is 9.65. The number of aromatic nitrogens is 2. The van der Waals surface area contributed by atoms with E-state index in [0.29, 0.717) is 11.0 Å². The lowest BCUT2D eigenvalue weighted by molar-refractivity contribution is 0.276. The largest absolute Gasteiger partial charge is 0.482 e. The lowest BCUT2D eigenvalue weighted by Gasteiger charge is -2.07. The van der Waals surface area contributed by atoms with Gasteiger partial charge in [-0.05, 0) is 23.6 Å². The van der Waals surface area contributed by atoms with Crippen molar-refractivity contribution in [2.75, 3.05) is 0 Å². The summed E-state index contributed by atoms with van der Waals surface area (Å²) < 4.78 is 31.6. The second-order valence-electron chi connectivity index (χ2n) is 3.91. The van der Waals surface area contributed by atoms with Crippen molar-refractivity contribution in [3.8, 4) is 5.75 Å². The van der Waals surface area contributed by atoms with Gasteiger partial charge in [0.1, 0.15) is 16.6 Å². The number of nitrogens with zero attached hydrogens (tertiary/aromatic N) is 2. The average Bonchev–Trinajstić information content (AvgIpc) is 2.89. The van der Waals surface area contributed by atoms with Crippen LogP contribution in [-0.2, 0) is 6.61 Å². The maximum absolute atomic E-state index is 13.4. The minimum absolute atomic E-state index is 0.0894. The van der Waals surface area contributed by atoms with Gasteiger partial charge in [-0.15, -0.1) is 11.3 Å². The monoisotopic (exact) mass is 312 g/mol. The van der Waals surface area contributed by atoms with Crippen molar-refractivity contribution in [2.45, 2.75) is 6.61 Å². The Hall–Kier alpha value is -1.79. The molecule has 2 heterocycles. The van der Waals surface area contributed by atoms with Gasteiger partial charge in [-0.1, -0.05) is 17.7 Å². The van der Waals surface area contributed by atoms with E-state index in [1.807, 2.05) is 11.4 Å². The van der Waals surface area contributed by atoms with Gasteiger partial charge in [-0.25, -0.2) is 14.4 Å². The van der Waals surface area contributed by atoms with E-state index in [2.05, 4.69) is 9.97 Å². The van der Waals surface area contributed by atoms with Crippen LogP contribution in [-0.4, -0.2) is 9.97 Å². The van der Waals surface area contributed by atoms with Crippen LogP contribution in [0.5, 0.6) is 5.75 Å². The molecule has 0 amide bonds. The van der Waals surface area contributed by atoms with E-state index in [1.165, 1.54) is 23.5 Å². The molecule has 3 aromatic rings. The molecule has 0 fully saturated rings. The molecule has 0 aliphatic heterocycles. The number of hydrogen-bond donors (Lipinski definition) is 0. The van der Waals surface area contributed by atoms with Crippen molar-refractivity contribution in [3.63, 3.8) is 0 Å². The Balaban J connectivity index is 1.84. The lowest BCUT2D eigenvalue weighted by Crippen LogP contribution is -2.03. The van der Waals surface area contributed by atoms with Crippen LogP contribution in [0.15, 0.2) is 29.6 Å². The molecular formula is C13H7ClF2N2OS. The molecule has 0 aliphatic rings. The molecule has 0 N–H and O–H groups in total. The number of rotatable bonds is 3. The molecule has 20 heavy (non-hydrogen) atoms. The zero-order valence-corrected chi connectivity index (χ0v) is 11.5. The van der Waals surface area contributed by atoms with Gasteiger partial charge in [0, 0.05) is 5.39 Å². The standard InChI is InChI=1S/C13H7ClF2N2OS/c14-12-7-4-5-20-13(7)18-10(17-12)6-19-9-3-1-2-8(15)11(9)16/h1-5H,6H2. The minimum Gasteiger partial charge on any atom is -0.482 e. The molecule has 0 saturated carbocycles. The molecule has 0 radical (unpaired) electrons. The van der Waals surface area contributed by atoms with E-state index in [0.717, 1.165) is 16.3 Å². The molecule has 3 rings (SSSR count). The summed E-state index contributed by atoms with van der Waals surface area (Å²) in [6.45, 7) is -0.0894. The highest BCUT2D eigenvalue weighted by Crippen LogP contribution is 2.25. The van der Waals surface area contributed by atoms with Crippen molar-refractivity contribution in [1.82, 2.24) is 9.97 Å². The summed E-state index contributed by atoms with van der Waals surface area (Å²) in [5.74, 6) is -1.87. The molecule has 2 aromatic heterocycles. The van der Waals surface area contributed by atoms with Crippen LogP contribution in [0.4, 0.5) is 8.78 Å². The van der Waals surface area contributed by atoms with Crippen LogP contribution in [0, 0.1) is 11.6 Å². The lowest BCUT2D eigenvalue weighted by atomic mass is 10.3. The van der Waals surface area contributed by atoms with Crippen molar-refractivity contribution in [3.05, 3.63) is 52.3 Å². The molecule has 0 saturated heterocycles. The van der Waals surface area contributed by atoms with E-state index < -0.39 is 11.6 Å². The summed E-state index contributed by atoms with van der Waals surface area (Å²) in [6, 6.07) is 5.54. The molecular weight excluding hydrogens is 306 g/mol. The van der Waals surface area contributed by atoms with Crippen molar-refractivity contribution < 1.29 is 13.5 Å². The summed E-state index contributed by atoms with van der Waals surface area (Å²) in [5, 5.41) is 2.93. The summed E-state index contributed by atoms with van der Waals surface area (Å²) >= 11 is 7.43. The normalized spacial score (nSPS) is 10.9. The van der Waals surface area contributed by atoms with Gasteiger partial charge in [0.15, 0.2) is 17.4 Å². The first-order valence-electron chi connectivity index (χ1n) is 5.61. The van der Waals surface area contributed by atoms with Gasteiger partial charge in [0.2, 0.25) is 5.82 Å². The Morgan fingerprint density at radius 3 is 2.90 bits per heavy atom. The van der Waals surface area contributed by atoms with Gasteiger partial charge >= 0.3 is 0 Å². The van der Waals surface area contributed by atoms with Gasteiger partial charge in [-0.2, -0.15) is 4.39 Å². The van der Waals surface area contributed by atoms with E-state index in [-0.39, 0.29) is 12.4 Å². The minimum atomic E-state index is -1.03. The molecule has 0 bridgehead atoms. The quantitative estimate of drug-likeness (QED) is 0.680. The zero-order valence-electron chi connectivity index (χ0n) is 9.94. The van der Waals surface area contributed by atoms with E-state index in [4.69, 9.17) is 16.3 Å². The highest BCUT2D eigenvalue weighted by Gasteiger charge is 2.11. The number of benzene rings is 1. The third-order valence-electron chi connectivity index (χ3n) is 2.60. The van der Waals surface area contributed by atoms with E-state index >= 15 is 0 Å². The van der Waals surface area contributed by atoms with Crippen LogP contribution >= 0.6 is 22.9 Å². The number of ether oxygens (including phenoxy) is 1. The Morgan fingerprint density at radius 2 is 2.05 bits per heavy atom. The van der Waals surface area contributed by atoms with Crippen LogP contribution in [0.25, 0.3) is 10.2 Å². The number of thiophene rings is 1. The van der Waals surface area contributed by atoms with Crippen molar-refractivity contribution >= 4 is 33.2 Å². The predicted molar refractivity (Wildman–Crippen MR) is 73.1 cm³/mol. The van der Waals surface area contributed by atoms with Gasteiger partial charge < -0.3 is 4.74 Å². The van der Waals surface area contributed by atoms with Crippen LogP contribution in [0.2, 0.25) is 5.15 Å². The molecule has 7 heteroatoms. The SMILES string of the molecule is Fc1cccc(OCc2nc(Cl)c3ccsc3n2)c1F. The average molecular weight is 313 g/mol. The molecule has 102 valence electrons. The van der Waals surface area contributed by atoms with Crippen molar-refractivity contribution in [1.29, 1.82) is 0 Å². The van der Waals surface area contributed by atoms with Crippen molar-refractivity contribution in [2.24, 2.45) is 0 Å². The molecule has 3 nitrogen and oxygen atoms in total. The van der Waals surface area contributed by atoms with Crippen LogP contribution in [0.1, 0.15) is 5.82 Å². The highest BCUT2D eigenvalue weighted by molar-refractivity contribution is 7.16. The third-order valence-corrected chi connectivity index (χ3v) is 3.69. The molecule has 0 atom stereocenters. The maximum Gasteiger partial charge on any atom is 0.200 e. The fourth-order valence-electron chi connectivity index (χ4n) is 1.66. The maximum atomic E-state index is 13.4. The summed E-state index contributed by atoms with van der Waals surface area (Å²) in [7, 11) is 0. The smallest absolute Gasteiger partial charge is 0.200 e. The van der Waals surface area contributed by atoms with Gasteiger partial charge in [0.25, 0.3) is 0 Å². The van der Waals surface area contributed by atoms with Gasteiger partial charge in [-0.3, -0.25) is 0 Å². The molecule has 1 aromatic carbocycles. The summed E-state index contributed by atoms with van der Waals surface area (Å²) in [4.78, 5) is 9.03. The first kappa shape index (κ1) is 13.2. The number of halogens is 3. The molecule has 0 aliphatic carbocycles. The summed E-state index contributed by atoms with van der Waals surface area (Å²) in [5.41, 5.74) is 0. The second kappa shape index (κ2) is 5.30. The number of hydrogen-bond acceptors (Lipinski definition) is 4. The fraction of sp³-hybridized carbons (Fsp3) is 0.0769. The predicted octanol–water partition coefficient (Wildman–Crippen LogP) is 4.20. The highest BCUT2D eigenvalue weighted by atomic mass is 35.5. The zero-order chi connectivity index (χ0) is 14.1. The molecule has 0 unspecified atom stereocenters. The van der Waals surface area contributed by atoms with Gasteiger partial charge in [0.05, 0.1) is 0 Å². The van der Waals surface area contributed by atoms with E-state index in [9.17, 15) is 8.78 Å². The van der Waals surface area contributed by atoms with Crippen LogP contribution < -0.4 is 4.74 Å². The topological polar surface area (TPSA) is 35.0 Å². The Kier molecular flexibility index (Phi) is 3.50. The number of fused-ring (bicyclic) bond motifs is 1. The third kappa shape index (κ3) is 2.44. The molecule has 0 spiro atoms. The summed E-state index contributed by atoms with van der Waals surface area (Å²) in [6.07, 6.45) is 0. The fourth-order valence-corrected chi connectivity index (χ4v) is 2.75. The Bertz CT molecular complexity index is 778. The Morgan fingerprint density at radius 1 is 1.20 bits per heavy atom. The van der Waals surface area contributed by atoms with E-state index in [1.54, 1.807) is 0 Å². The Labute approximate surface area is 121 Å². The second-order valence-corrected chi connectivity index (χ2v) is 5.16. The van der Waals surface area contributed by atoms with Crippen LogP contribution in [0.3, 0.4) is 0 Å².